The van der Waals surface area contributed by atoms with E-state index in [1.54, 1.807) is 0 Å². The molecule has 0 unspecified atom stereocenters. The lowest BCUT2D eigenvalue weighted by Gasteiger charge is -2.13. The second-order valence-electron chi connectivity index (χ2n) is 7.14. The van der Waals surface area contributed by atoms with Crippen LogP contribution in [0.25, 0.3) is 0 Å². The number of alkyl halides is 2. The van der Waals surface area contributed by atoms with E-state index in [-0.39, 0.29) is 5.97 Å². The molecule has 0 aromatic carbocycles. The number of carbonyl (C=O) groups excluding carboxylic acids is 1. The Morgan fingerprint density at radius 3 is 1.52 bits per heavy atom. The first kappa shape index (κ1) is 25.9. The van der Waals surface area contributed by atoms with Crippen LogP contribution in [0.15, 0.2) is 12.7 Å². The Morgan fingerprint density at radius 1 is 0.800 bits per heavy atom. The van der Waals surface area contributed by atoms with Crippen molar-refractivity contribution in [2.24, 2.45) is 0 Å². The van der Waals surface area contributed by atoms with Crippen LogP contribution < -0.4 is 0 Å². The molecule has 0 aliphatic rings. The summed E-state index contributed by atoms with van der Waals surface area (Å²) in [5.41, 5.74) is 0. The van der Waals surface area contributed by atoms with Crippen LogP contribution in [0, 0.1) is 0 Å². The van der Waals surface area contributed by atoms with Gasteiger partial charge in [-0.25, -0.2) is 4.79 Å². The average molecular weight is 592 g/mol. The van der Waals surface area contributed by atoms with Gasteiger partial charge in [0.1, 0.15) is 0 Å². The molecule has 0 spiro atoms. The first-order valence-corrected chi connectivity index (χ1v) is 13.3. The summed E-state index contributed by atoms with van der Waals surface area (Å²) in [5, 5.41) is 0. The van der Waals surface area contributed by atoms with Crippen molar-refractivity contribution in [3.05, 3.63) is 12.7 Å². The monoisotopic (exact) mass is 592 g/mol. The molecule has 25 heavy (non-hydrogen) atoms. The molecule has 0 rings (SSSR count). The standard InChI is InChI=1S/C20H38I2O2Si/c1-2-19(23)24-18-16-14-12-10-8-6-4-3-5-7-9-11-13-15-17-20(21,22)25/h2H,1,3-18H2,25H3. The smallest absolute Gasteiger partial charge is 0.330 e. The Kier molecular flexibility index (Phi) is 18.9. The fraction of sp³-hybridized carbons (Fsp3) is 0.850. The minimum Gasteiger partial charge on any atom is -0.463 e. The van der Waals surface area contributed by atoms with E-state index in [2.05, 4.69) is 51.8 Å². The SMILES string of the molecule is C=CC(=O)OCCCCCCCCCCCCCCCCC([SiH3])(I)I. The molecule has 0 fully saturated rings. The highest BCUT2D eigenvalue weighted by molar-refractivity contribution is 14.2. The van der Waals surface area contributed by atoms with Gasteiger partial charge in [0.25, 0.3) is 0 Å². The zero-order valence-electron chi connectivity index (χ0n) is 16.2. The summed E-state index contributed by atoms with van der Waals surface area (Å²) >= 11 is 5.22. The molecule has 2 nitrogen and oxygen atoms in total. The van der Waals surface area contributed by atoms with Gasteiger partial charge in [0.05, 0.1) is 7.66 Å². The van der Waals surface area contributed by atoms with E-state index in [1.807, 2.05) is 0 Å². The highest BCUT2D eigenvalue weighted by atomic mass is 127. The highest BCUT2D eigenvalue weighted by Crippen LogP contribution is 2.29. The lowest BCUT2D eigenvalue weighted by Crippen LogP contribution is -2.08. The van der Waals surface area contributed by atoms with Crippen molar-refractivity contribution >= 4 is 61.4 Å². The summed E-state index contributed by atoms with van der Waals surface area (Å²) < 4.78 is 5.55. The van der Waals surface area contributed by atoms with Crippen LogP contribution in [-0.2, 0) is 9.53 Å². The summed E-state index contributed by atoms with van der Waals surface area (Å²) in [6.07, 6.45) is 21.5. The van der Waals surface area contributed by atoms with Crippen LogP contribution in [0.4, 0.5) is 0 Å². The van der Waals surface area contributed by atoms with Crippen LogP contribution in [-0.4, -0.2) is 23.9 Å². The fourth-order valence-corrected chi connectivity index (χ4v) is 4.01. The lowest BCUT2D eigenvalue weighted by molar-refractivity contribution is -0.137. The van der Waals surface area contributed by atoms with E-state index in [1.165, 1.54) is 106 Å². The number of unbranched alkanes of at least 4 members (excludes halogenated alkanes) is 13. The fourth-order valence-electron chi connectivity index (χ4n) is 2.89. The molecular formula is C20H38I2O2Si. The van der Waals surface area contributed by atoms with Gasteiger partial charge >= 0.3 is 5.97 Å². The van der Waals surface area contributed by atoms with Crippen molar-refractivity contribution in [1.82, 2.24) is 0 Å². The predicted molar refractivity (Wildman–Crippen MR) is 131 cm³/mol. The van der Waals surface area contributed by atoms with Crippen molar-refractivity contribution in [1.29, 1.82) is 0 Å². The Bertz CT molecular complexity index is 330. The number of carbonyl (C=O) groups is 1. The van der Waals surface area contributed by atoms with Gasteiger partial charge in [-0.2, -0.15) is 0 Å². The van der Waals surface area contributed by atoms with Crippen molar-refractivity contribution in [2.45, 2.75) is 97.4 Å². The maximum absolute atomic E-state index is 10.9. The molecule has 0 aliphatic heterocycles. The van der Waals surface area contributed by atoms with Crippen molar-refractivity contribution in [2.75, 3.05) is 6.61 Å². The molecule has 0 heterocycles. The minimum atomic E-state index is -0.300. The zero-order chi connectivity index (χ0) is 18.8. The first-order valence-electron chi connectivity index (χ1n) is 10.1. The summed E-state index contributed by atoms with van der Waals surface area (Å²) in [5.74, 6) is -0.300. The second kappa shape index (κ2) is 18.3. The number of halogens is 2. The topological polar surface area (TPSA) is 26.3 Å². The number of hydrogen-bond acceptors (Lipinski definition) is 2. The van der Waals surface area contributed by atoms with Gasteiger partial charge in [-0.15, -0.1) is 0 Å². The number of hydrogen-bond donors (Lipinski definition) is 0. The zero-order valence-corrected chi connectivity index (χ0v) is 22.5. The van der Waals surface area contributed by atoms with Gasteiger partial charge in [0, 0.05) is 16.3 Å². The normalized spacial score (nSPS) is 11.6. The summed E-state index contributed by atoms with van der Waals surface area (Å²) in [6.45, 7) is 3.93. The largest absolute Gasteiger partial charge is 0.463 e. The quantitative estimate of drug-likeness (QED) is 0.0457. The van der Waals surface area contributed by atoms with Gasteiger partial charge in [-0.05, 0) is 12.8 Å². The number of ether oxygens (including phenoxy) is 1. The van der Waals surface area contributed by atoms with E-state index < -0.39 is 0 Å². The molecule has 0 saturated heterocycles. The van der Waals surface area contributed by atoms with Crippen LogP contribution in [0.1, 0.15) is 96.3 Å². The Hall–Kier alpha value is 0.887. The molecule has 0 bridgehead atoms. The summed E-state index contributed by atoms with van der Waals surface area (Å²) in [6, 6.07) is 0. The van der Waals surface area contributed by atoms with Crippen molar-refractivity contribution in [3.63, 3.8) is 0 Å². The molecular weight excluding hydrogens is 554 g/mol. The third-order valence-electron chi connectivity index (χ3n) is 4.42. The molecule has 0 aromatic heterocycles. The van der Waals surface area contributed by atoms with Gasteiger partial charge in [0.15, 0.2) is 0 Å². The second-order valence-corrected chi connectivity index (χ2v) is 19.7. The molecule has 0 radical (unpaired) electrons. The molecule has 0 atom stereocenters. The predicted octanol–water partition coefficient (Wildman–Crippen LogP) is 6.46. The van der Waals surface area contributed by atoms with Gasteiger partial charge < -0.3 is 4.74 Å². The minimum absolute atomic E-state index is 0.300. The van der Waals surface area contributed by atoms with E-state index in [0.717, 1.165) is 6.42 Å². The van der Waals surface area contributed by atoms with Gasteiger partial charge in [-0.3, -0.25) is 0 Å². The van der Waals surface area contributed by atoms with Crippen molar-refractivity contribution < 1.29 is 9.53 Å². The molecule has 148 valence electrons. The summed E-state index contributed by atoms with van der Waals surface area (Å²) in [4.78, 5) is 10.9. The molecule has 0 amide bonds. The maximum atomic E-state index is 10.9. The first-order chi connectivity index (χ1) is 12.0. The van der Waals surface area contributed by atoms with Crippen LogP contribution in [0.2, 0.25) is 0 Å². The van der Waals surface area contributed by atoms with Gasteiger partial charge in [0.2, 0.25) is 0 Å². The third kappa shape index (κ3) is 22.8. The average Bonchev–Trinajstić information content (AvgIpc) is 2.56. The summed E-state index contributed by atoms with van der Waals surface area (Å²) in [7, 11) is 1.30. The van der Waals surface area contributed by atoms with Gasteiger partial charge in [-0.1, -0.05) is 135 Å². The molecule has 5 heteroatoms. The molecule has 0 aliphatic carbocycles. The maximum Gasteiger partial charge on any atom is 0.330 e. The Balaban J connectivity index is 3.07. The highest BCUT2D eigenvalue weighted by Gasteiger charge is 2.12. The number of rotatable bonds is 18. The van der Waals surface area contributed by atoms with E-state index in [0.29, 0.717) is 7.66 Å². The van der Waals surface area contributed by atoms with E-state index in [9.17, 15) is 4.79 Å². The molecule has 0 aromatic rings. The van der Waals surface area contributed by atoms with Crippen molar-refractivity contribution in [3.8, 4) is 0 Å². The van der Waals surface area contributed by atoms with Crippen LogP contribution >= 0.6 is 45.2 Å². The van der Waals surface area contributed by atoms with Crippen LogP contribution in [0.5, 0.6) is 0 Å². The lowest BCUT2D eigenvalue weighted by atomic mass is 10.0. The Labute approximate surface area is 186 Å². The molecule has 0 N–H and O–H groups in total. The van der Waals surface area contributed by atoms with Crippen LogP contribution in [0.3, 0.4) is 0 Å². The van der Waals surface area contributed by atoms with E-state index >= 15 is 0 Å². The van der Waals surface area contributed by atoms with E-state index in [4.69, 9.17) is 4.74 Å². The third-order valence-corrected chi connectivity index (χ3v) is 6.00. The Morgan fingerprint density at radius 2 is 1.16 bits per heavy atom. The molecule has 0 saturated carbocycles. The number of esters is 1.